The molecule has 1 aliphatic heterocycles. The molecule has 0 unspecified atom stereocenters. The lowest BCUT2D eigenvalue weighted by Crippen LogP contribution is -2.28. The Bertz CT molecular complexity index is 922. The summed E-state index contributed by atoms with van der Waals surface area (Å²) < 4.78 is 5.85. The predicted octanol–water partition coefficient (Wildman–Crippen LogP) is 4.78. The summed E-state index contributed by atoms with van der Waals surface area (Å²) in [5.41, 5.74) is 3.38. The summed E-state index contributed by atoms with van der Waals surface area (Å²) >= 11 is 6.45. The van der Waals surface area contributed by atoms with Crippen LogP contribution in [0.1, 0.15) is 31.4 Å². The van der Waals surface area contributed by atoms with E-state index in [0.29, 0.717) is 16.7 Å². The first kappa shape index (κ1) is 21.1. The van der Waals surface area contributed by atoms with Crippen LogP contribution in [0.25, 0.3) is 11.6 Å². The minimum atomic E-state index is -0.0565. The minimum absolute atomic E-state index is 0.0413. The number of hydrogen-bond acceptors (Lipinski definition) is 4. The van der Waals surface area contributed by atoms with Crippen LogP contribution in [-0.2, 0) is 4.79 Å². The number of likely N-dealkylation sites (N-methyl/N-ethyl adjacent to an activating group) is 1. The van der Waals surface area contributed by atoms with Gasteiger partial charge < -0.3 is 15.0 Å². The first-order chi connectivity index (χ1) is 13.9. The molecule has 0 aliphatic carbocycles. The second-order valence-corrected chi connectivity index (χ2v) is 7.67. The lowest BCUT2D eigenvalue weighted by molar-refractivity contribution is -0.119. The average Bonchev–Trinajstić information content (AvgIpc) is 2.69. The van der Waals surface area contributed by atoms with Crippen LogP contribution in [0.4, 0.5) is 0 Å². The third-order valence-corrected chi connectivity index (χ3v) is 4.99. The number of benzene rings is 1. The SMILES string of the molecule is CC(=O)N[C@@H](C)/C=C/c1ccc(Oc2ccc(C3=CCN(C)CC3)cc2Cl)nc1. The van der Waals surface area contributed by atoms with Gasteiger partial charge in [0.25, 0.3) is 0 Å². The second kappa shape index (κ2) is 9.72. The molecule has 6 heteroatoms. The van der Waals surface area contributed by atoms with Crippen molar-refractivity contribution < 1.29 is 9.53 Å². The highest BCUT2D eigenvalue weighted by Crippen LogP contribution is 2.32. The van der Waals surface area contributed by atoms with Crippen molar-refractivity contribution in [2.75, 3.05) is 20.1 Å². The highest BCUT2D eigenvalue weighted by atomic mass is 35.5. The molecule has 0 fully saturated rings. The molecule has 1 aromatic carbocycles. The maximum Gasteiger partial charge on any atom is 0.219 e. The zero-order chi connectivity index (χ0) is 20.8. The summed E-state index contributed by atoms with van der Waals surface area (Å²) in [5.74, 6) is 1.00. The van der Waals surface area contributed by atoms with E-state index in [1.54, 1.807) is 12.3 Å². The molecule has 29 heavy (non-hydrogen) atoms. The summed E-state index contributed by atoms with van der Waals surface area (Å²) in [5, 5.41) is 3.37. The number of aromatic nitrogens is 1. The van der Waals surface area contributed by atoms with Gasteiger partial charge in [-0.15, -0.1) is 0 Å². The van der Waals surface area contributed by atoms with E-state index >= 15 is 0 Å². The number of carbonyl (C=O) groups is 1. The Labute approximate surface area is 177 Å². The molecule has 1 amide bonds. The molecule has 0 saturated heterocycles. The molecule has 2 heterocycles. The third kappa shape index (κ3) is 6.17. The molecule has 0 radical (unpaired) electrons. The zero-order valence-corrected chi connectivity index (χ0v) is 17.7. The van der Waals surface area contributed by atoms with Crippen molar-refractivity contribution >= 4 is 29.2 Å². The van der Waals surface area contributed by atoms with Gasteiger partial charge in [-0.3, -0.25) is 4.79 Å². The van der Waals surface area contributed by atoms with Crippen molar-refractivity contribution in [2.45, 2.75) is 26.3 Å². The number of hydrogen-bond donors (Lipinski definition) is 1. The van der Waals surface area contributed by atoms with Crippen LogP contribution < -0.4 is 10.1 Å². The fourth-order valence-corrected chi connectivity index (χ4v) is 3.32. The van der Waals surface area contributed by atoms with Crippen LogP contribution in [0.2, 0.25) is 5.02 Å². The summed E-state index contributed by atoms with van der Waals surface area (Å²) in [4.78, 5) is 17.7. The normalized spacial score (nSPS) is 15.8. The van der Waals surface area contributed by atoms with Gasteiger partial charge in [0.1, 0.15) is 5.75 Å². The maximum atomic E-state index is 11.0. The highest BCUT2D eigenvalue weighted by Gasteiger charge is 2.12. The summed E-state index contributed by atoms with van der Waals surface area (Å²) in [7, 11) is 2.12. The van der Waals surface area contributed by atoms with Crippen LogP contribution in [0.3, 0.4) is 0 Å². The summed E-state index contributed by atoms with van der Waals surface area (Å²) in [6, 6.07) is 9.55. The minimum Gasteiger partial charge on any atom is -0.437 e. The van der Waals surface area contributed by atoms with Gasteiger partial charge in [0, 0.05) is 38.3 Å². The van der Waals surface area contributed by atoms with Crippen molar-refractivity contribution in [1.29, 1.82) is 0 Å². The molecule has 1 aliphatic rings. The Morgan fingerprint density at radius 1 is 1.34 bits per heavy atom. The molecule has 0 spiro atoms. The molecule has 1 atom stereocenters. The van der Waals surface area contributed by atoms with Crippen LogP contribution in [0, 0.1) is 0 Å². The Kier molecular flexibility index (Phi) is 7.07. The number of carbonyl (C=O) groups excluding carboxylic acids is 1. The van der Waals surface area contributed by atoms with Crippen molar-refractivity contribution in [1.82, 2.24) is 15.2 Å². The molecule has 1 N–H and O–H groups in total. The fraction of sp³-hybridized carbons (Fsp3) is 0.304. The third-order valence-electron chi connectivity index (χ3n) is 4.70. The van der Waals surface area contributed by atoms with E-state index in [0.717, 1.165) is 30.6 Å². The number of ether oxygens (including phenoxy) is 1. The number of rotatable bonds is 6. The van der Waals surface area contributed by atoms with Crippen molar-refractivity contribution in [2.24, 2.45) is 0 Å². The van der Waals surface area contributed by atoms with Crippen LogP contribution in [0.5, 0.6) is 11.6 Å². The van der Waals surface area contributed by atoms with Crippen LogP contribution >= 0.6 is 11.6 Å². The average molecular weight is 412 g/mol. The predicted molar refractivity (Wildman–Crippen MR) is 118 cm³/mol. The van der Waals surface area contributed by atoms with Gasteiger partial charge in [-0.25, -0.2) is 4.98 Å². The number of nitrogens with zero attached hydrogens (tertiary/aromatic N) is 2. The quantitative estimate of drug-likeness (QED) is 0.742. The molecular weight excluding hydrogens is 386 g/mol. The molecule has 0 saturated carbocycles. The lowest BCUT2D eigenvalue weighted by atomic mass is 10.00. The number of amides is 1. The van der Waals surface area contributed by atoms with Crippen LogP contribution in [0.15, 0.2) is 48.7 Å². The van der Waals surface area contributed by atoms with E-state index in [4.69, 9.17) is 16.3 Å². The van der Waals surface area contributed by atoms with Gasteiger partial charge in [0.05, 0.1) is 5.02 Å². The molecule has 1 aromatic heterocycles. The van der Waals surface area contributed by atoms with E-state index in [1.165, 1.54) is 12.5 Å². The Balaban J connectivity index is 1.64. The van der Waals surface area contributed by atoms with Crippen molar-refractivity contribution in [3.05, 3.63) is 64.8 Å². The van der Waals surface area contributed by atoms with Gasteiger partial charge >= 0.3 is 0 Å². The van der Waals surface area contributed by atoms with E-state index in [-0.39, 0.29) is 11.9 Å². The highest BCUT2D eigenvalue weighted by molar-refractivity contribution is 6.32. The molecule has 3 rings (SSSR count). The van der Waals surface area contributed by atoms with E-state index in [1.807, 2.05) is 43.3 Å². The maximum absolute atomic E-state index is 11.0. The molecule has 152 valence electrons. The monoisotopic (exact) mass is 411 g/mol. The largest absolute Gasteiger partial charge is 0.437 e. The first-order valence-corrected chi connectivity index (χ1v) is 10.1. The topological polar surface area (TPSA) is 54.5 Å². The summed E-state index contributed by atoms with van der Waals surface area (Å²) in [6.45, 7) is 5.42. The van der Waals surface area contributed by atoms with Gasteiger partial charge in [-0.2, -0.15) is 0 Å². The van der Waals surface area contributed by atoms with Gasteiger partial charge in [-0.05, 0) is 55.3 Å². The van der Waals surface area contributed by atoms with Crippen molar-refractivity contribution in [3.63, 3.8) is 0 Å². The molecule has 2 aromatic rings. The first-order valence-electron chi connectivity index (χ1n) is 9.67. The Hall–Kier alpha value is -2.63. The molecule has 5 nitrogen and oxygen atoms in total. The lowest BCUT2D eigenvalue weighted by Gasteiger charge is -2.22. The number of pyridine rings is 1. The van der Waals surface area contributed by atoms with Gasteiger partial charge in [0.2, 0.25) is 11.8 Å². The molecule has 0 bridgehead atoms. The zero-order valence-electron chi connectivity index (χ0n) is 17.0. The second-order valence-electron chi connectivity index (χ2n) is 7.27. The smallest absolute Gasteiger partial charge is 0.219 e. The number of halogens is 1. The molecular formula is C23H26ClN3O2. The van der Waals surface area contributed by atoms with E-state index < -0.39 is 0 Å². The Morgan fingerprint density at radius 3 is 2.79 bits per heavy atom. The fourth-order valence-electron chi connectivity index (χ4n) is 3.10. The Morgan fingerprint density at radius 2 is 2.17 bits per heavy atom. The van der Waals surface area contributed by atoms with Crippen molar-refractivity contribution in [3.8, 4) is 11.6 Å². The summed E-state index contributed by atoms with van der Waals surface area (Å²) in [6.07, 6.45) is 8.80. The van der Waals surface area contributed by atoms with E-state index in [2.05, 4.69) is 28.3 Å². The number of nitrogens with one attached hydrogen (secondary N) is 1. The van der Waals surface area contributed by atoms with Gasteiger partial charge in [0.15, 0.2) is 0 Å². The van der Waals surface area contributed by atoms with Crippen LogP contribution in [-0.4, -0.2) is 42.0 Å². The van der Waals surface area contributed by atoms with Gasteiger partial charge in [-0.1, -0.05) is 35.9 Å². The van der Waals surface area contributed by atoms with E-state index in [9.17, 15) is 4.79 Å². The standard InChI is InChI=1S/C23H26ClN3O2/c1-16(26-17(2)28)4-5-18-6-9-23(25-15-18)29-22-8-7-20(14-21(22)24)19-10-12-27(3)13-11-19/h4-10,14-16H,11-13H2,1-3H3,(H,26,28)/b5-4+/t16-/m0/s1.